The van der Waals surface area contributed by atoms with Crippen LogP contribution in [0.5, 0.6) is 0 Å². The van der Waals surface area contributed by atoms with E-state index in [4.69, 9.17) is 0 Å². The van der Waals surface area contributed by atoms with Crippen molar-refractivity contribution in [2.75, 3.05) is 19.6 Å². The predicted octanol–water partition coefficient (Wildman–Crippen LogP) is 2.81. The van der Waals surface area contributed by atoms with Crippen LogP contribution < -0.4 is 0 Å². The van der Waals surface area contributed by atoms with Gasteiger partial charge in [0.25, 0.3) is 5.91 Å². The first-order chi connectivity index (χ1) is 11.3. The van der Waals surface area contributed by atoms with Crippen molar-refractivity contribution < 1.29 is 4.79 Å². The van der Waals surface area contributed by atoms with Crippen LogP contribution in [0.2, 0.25) is 0 Å². The summed E-state index contributed by atoms with van der Waals surface area (Å²) < 4.78 is 0. The van der Waals surface area contributed by atoms with E-state index in [0.717, 1.165) is 39.0 Å². The number of piperidine rings is 1. The summed E-state index contributed by atoms with van der Waals surface area (Å²) in [4.78, 5) is 22.8. The lowest BCUT2D eigenvalue weighted by Gasteiger charge is -2.40. The van der Waals surface area contributed by atoms with Crippen LogP contribution in [0.4, 0.5) is 0 Å². The van der Waals surface area contributed by atoms with Crippen LogP contribution in [0.25, 0.3) is 0 Å². The average molecular weight is 327 g/mol. The minimum Gasteiger partial charge on any atom is -0.337 e. The van der Waals surface area contributed by atoms with Crippen molar-refractivity contribution in [1.82, 2.24) is 14.8 Å². The molecule has 0 aromatic carbocycles. The monoisotopic (exact) mass is 327 g/mol. The topological polar surface area (TPSA) is 36.4 Å². The molecule has 120 valence electrons. The molecule has 1 amide bonds. The van der Waals surface area contributed by atoms with Gasteiger partial charge in [-0.25, -0.2) is 0 Å². The van der Waals surface area contributed by atoms with Crippen LogP contribution in [0.3, 0.4) is 0 Å². The maximum atomic E-state index is 12.5. The van der Waals surface area contributed by atoms with Gasteiger partial charge >= 0.3 is 0 Å². The quantitative estimate of drug-likeness (QED) is 0.851. The van der Waals surface area contributed by atoms with Gasteiger partial charge < -0.3 is 4.90 Å². The second-order valence-corrected chi connectivity index (χ2v) is 7.33. The highest BCUT2D eigenvalue weighted by Gasteiger charge is 2.29. The first kappa shape index (κ1) is 14.8. The second kappa shape index (κ2) is 6.42. The lowest BCUT2D eigenvalue weighted by atomic mass is 9.99. The Balaban J connectivity index is 1.36. The molecule has 2 aromatic heterocycles. The van der Waals surface area contributed by atoms with Crippen molar-refractivity contribution in [3.8, 4) is 0 Å². The molecule has 2 aliphatic rings. The first-order valence-electron chi connectivity index (χ1n) is 8.31. The number of carbonyl (C=O) groups is 1. The van der Waals surface area contributed by atoms with Crippen molar-refractivity contribution in [1.29, 1.82) is 0 Å². The van der Waals surface area contributed by atoms with E-state index in [9.17, 15) is 4.79 Å². The fourth-order valence-corrected chi connectivity index (χ4v) is 4.56. The number of fused-ring (bicyclic) bond motifs is 1. The summed E-state index contributed by atoms with van der Waals surface area (Å²) in [5.41, 5.74) is 2.07. The molecule has 4 heterocycles. The Morgan fingerprint density at radius 2 is 2.04 bits per heavy atom. The van der Waals surface area contributed by atoms with Crippen molar-refractivity contribution in [2.45, 2.75) is 31.8 Å². The van der Waals surface area contributed by atoms with Gasteiger partial charge in [0, 0.05) is 43.3 Å². The number of hydrogen-bond acceptors (Lipinski definition) is 4. The van der Waals surface area contributed by atoms with Gasteiger partial charge in [-0.15, -0.1) is 11.3 Å². The number of carbonyl (C=O) groups excluding carboxylic acids is 1. The lowest BCUT2D eigenvalue weighted by Crippen LogP contribution is -2.48. The van der Waals surface area contributed by atoms with Gasteiger partial charge in [-0.05, 0) is 48.4 Å². The zero-order valence-electron chi connectivity index (χ0n) is 13.1. The highest BCUT2D eigenvalue weighted by molar-refractivity contribution is 7.10. The van der Waals surface area contributed by atoms with Crippen molar-refractivity contribution in [2.24, 2.45) is 0 Å². The van der Waals surface area contributed by atoms with Gasteiger partial charge in [0.2, 0.25) is 0 Å². The third kappa shape index (κ3) is 3.03. The molecule has 0 atom stereocenters. The predicted molar refractivity (Wildman–Crippen MR) is 91.6 cm³/mol. The largest absolute Gasteiger partial charge is 0.337 e. The zero-order valence-corrected chi connectivity index (χ0v) is 14.0. The van der Waals surface area contributed by atoms with Crippen LogP contribution in [0.1, 0.15) is 33.8 Å². The third-order valence-electron chi connectivity index (χ3n) is 4.99. The number of aromatic nitrogens is 1. The molecule has 0 unspecified atom stereocenters. The summed E-state index contributed by atoms with van der Waals surface area (Å²) in [6.07, 6.45) is 5.00. The molecular formula is C18H21N3OS. The number of likely N-dealkylation sites (tertiary alicyclic amines) is 1. The Labute approximate surface area is 140 Å². The van der Waals surface area contributed by atoms with Gasteiger partial charge in [-0.2, -0.15) is 0 Å². The van der Waals surface area contributed by atoms with Gasteiger partial charge in [0.1, 0.15) is 5.69 Å². The molecule has 1 fully saturated rings. The maximum absolute atomic E-state index is 12.5. The molecule has 0 aliphatic carbocycles. The summed E-state index contributed by atoms with van der Waals surface area (Å²) in [6, 6.07) is 8.40. The van der Waals surface area contributed by atoms with E-state index in [1.807, 2.05) is 28.4 Å². The first-order valence-corrected chi connectivity index (χ1v) is 9.19. The molecule has 5 heteroatoms. The van der Waals surface area contributed by atoms with E-state index in [2.05, 4.69) is 21.3 Å². The van der Waals surface area contributed by atoms with Crippen LogP contribution in [-0.2, 0) is 13.0 Å². The molecule has 23 heavy (non-hydrogen) atoms. The summed E-state index contributed by atoms with van der Waals surface area (Å²) in [5.74, 6) is 0.0721. The van der Waals surface area contributed by atoms with Gasteiger partial charge in [-0.1, -0.05) is 6.07 Å². The molecule has 0 saturated carbocycles. The maximum Gasteiger partial charge on any atom is 0.272 e. The van der Waals surface area contributed by atoms with E-state index in [0.29, 0.717) is 11.7 Å². The van der Waals surface area contributed by atoms with E-state index < -0.39 is 0 Å². The van der Waals surface area contributed by atoms with Crippen LogP contribution in [-0.4, -0.2) is 46.4 Å². The minimum absolute atomic E-state index is 0.0721. The van der Waals surface area contributed by atoms with E-state index in [-0.39, 0.29) is 5.91 Å². The SMILES string of the molecule is O=C(c1ccccn1)N1CCC(N2CCc3sccc3C2)CC1. The van der Waals surface area contributed by atoms with E-state index in [1.165, 1.54) is 12.0 Å². The smallest absolute Gasteiger partial charge is 0.272 e. The number of amides is 1. The van der Waals surface area contributed by atoms with Crippen LogP contribution in [0, 0.1) is 0 Å². The van der Waals surface area contributed by atoms with Gasteiger partial charge in [0.15, 0.2) is 0 Å². The highest BCUT2D eigenvalue weighted by atomic mass is 32.1. The molecule has 1 saturated heterocycles. The van der Waals surface area contributed by atoms with Crippen molar-refractivity contribution >= 4 is 17.2 Å². The summed E-state index contributed by atoms with van der Waals surface area (Å²) in [7, 11) is 0. The second-order valence-electron chi connectivity index (χ2n) is 6.33. The molecule has 4 rings (SSSR count). The highest BCUT2D eigenvalue weighted by Crippen LogP contribution is 2.28. The van der Waals surface area contributed by atoms with Crippen LogP contribution >= 0.6 is 11.3 Å². The summed E-state index contributed by atoms with van der Waals surface area (Å²) in [5, 5.41) is 2.21. The summed E-state index contributed by atoms with van der Waals surface area (Å²) >= 11 is 1.89. The molecule has 0 N–H and O–H groups in total. The normalized spacial score (nSPS) is 19.6. The summed E-state index contributed by atoms with van der Waals surface area (Å²) in [6.45, 7) is 3.92. The Morgan fingerprint density at radius 1 is 1.17 bits per heavy atom. The Morgan fingerprint density at radius 3 is 2.83 bits per heavy atom. The molecule has 0 bridgehead atoms. The Hall–Kier alpha value is -1.72. The Bertz CT molecular complexity index is 677. The number of thiophene rings is 1. The average Bonchev–Trinajstić information content (AvgIpc) is 3.10. The van der Waals surface area contributed by atoms with E-state index in [1.54, 1.807) is 17.1 Å². The standard InChI is InChI=1S/C18H21N3OS/c22-18(16-3-1-2-8-19-16)20-9-4-15(5-10-20)21-11-6-17-14(13-21)7-12-23-17/h1-3,7-8,12,15H,4-6,9-11,13H2. The van der Waals surface area contributed by atoms with Gasteiger partial charge in [-0.3, -0.25) is 14.7 Å². The molecule has 2 aromatic rings. The van der Waals surface area contributed by atoms with E-state index >= 15 is 0 Å². The number of hydrogen-bond donors (Lipinski definition) is 0. The Kier molecular flexibility index (Phi) is 4.14. The fraction of sp³-hybridized carbons (Fsp3) is 0.444. The van der Waals surface area contributed by atoms with Crippen LogP contribution in [0.15, 0.2) is 35.8 Å². The molecular weight excluding hydrogens is 306 g/mol. The molecule has 2 aliphatic heterocycles. The molecule has 4 nitrogen and oxygen atoms in total. The number of nitrogens with zero attached hydrogens (tertiary/aromatic N) is 3. The molecule has 0 spiro atoms. The van der Waals surface area contributed by atoms with Gasteiger partial charge in [0.05, 0.1) is 0 Å². The minimum atomic E-state index is 0.0721. The van der Waals surface area contributed by atoms with Crippen molar-refractivity contribution in [3.63, 3.8) is 0 Å². The number of rotatable bonds is 2. The number of pyridine rings is 1. The third-order valence-corrected chi connectivity index (χ3v) is 6.01. The molecule has 0 radical (unpaired) electrons. The van der Waals surface area contributed by atoms with Crippen molar-refractivity contribution in [3.05, 3.63) is 52.0 Å². The fourth-order valence-electron chi connectivity index (χ4n) is 3.67. The lowest BCUT2D eigenvalue weighted by molar-refractivity contribution is 0.0595. The zero-order chi connectivity index (χ0) is 15.6.